The van der Waals surface area contributed by atoms with Crippen LogP contribution in [0.25, 0.3) is 0 Å². The van der Waals surface area contributed by atoms with E-state index in [4.69, 9.17) is 5.73 Å². The molecule has 0 radical (unpaired) electrons. The zero-order chi connectivity index (χ0) is 15.6. The van der Waals surface area contributed by atoms with Crippen molar-refractivity contribution in [2.45, 2.75) is 12.8 Å². The van der Waals surface area contributed by atoms with E-state index in [-0.39, 0.29) is 11.8 Å². The van der Waals surface area contributed by atoms with Gasteiger partial charge in [-0.3, -0.25) is 9.78 Å². The van der Waals surface area contributed by atoms with Crippen molar-refractivity contribution in [2.24, 2.45) is 11.7 Å². The van der Waals surface area contributed by atoms with Gasteiger partial charge in [-0.2, -0.15) is 0 Å². The molecule has 1 aromatic rings. The van der Waals surface area contributed by atoms with E-state index in [0.29, 0.717) is 0 Å². The summed E-state index contributed by atoms with van der Waals surface area (Å²) in [5.74, 6) is -0.157. The zero-order valence-corrected chi connectivity index (χ0v) is 14.5. The molecule has 1 saturated heterocycles. The monoisotopic (exact) mass is 323 g/mol. The first-order valence-electron chi connectivity index (χ1n) is 7.02. The van der Waals surface area contributed by atoms with E-state index in [2.05, 4.69) is 35.8 Å². The van der Waals surface area contributed by atoms with Crippen molar-refractivity contribution in [3.63, 3.8) is 0 Å². The number of amides is 1. The van der Waals surface area contributed by atoms with E-state index in [1.54, 1.807) is 0 Å². The molecule has 2 unspecified atom stereocenters. The van der Waals surface area contributed by atoms with Gasteiger partial charge < -0.3 is 10.6 Å². The molecule has 1 aromatic heterocycles. The number of carbonyl (C=O) groups excluding carboxylic acids is 1. The van der Waals surface area contributed by atoms with E-state index in [1.165, 1.54) is 16.3 Å². The first kappa shape index (κ1) is 16.1. The number of rotatable bonds is 4. The maximum Gasteiger partial charge on any atom is 0.220 e. The summed E-state index contributed by atoms with van der Waals surface area (Å²) in [6.45, 7) is 6.03. The van der Waals surface area contributed by atoms with E-state index in [9.17, 15) is 4.79 Å². The van der Waals surface area contributed by atoms with E-state index < -0.39 is 15.1 Å². The van der Waals surface area contributed by atoms with Crippen molar-refractivity contribution < 1.29 is 4.79 Å². The Morgan fingerprint density at radius 2 is 1.71 bits per heavy atom. The standard InChI is InChI=1S/C15H22N3OP2/c1-20(2)12-9-17-10-13(21(3)4)14(12)18-7-5-11(6-8-18)15(16)19/h9-11H,1,3,5-8H2,2,4H3,(H-,16,19)/q+1/p+1. The molecule has 4 nitrogen and oxygen atoms in total. The number of hydrogen-bond donors (Lipinski definition) is 1. The molecule has 0 aliphatic carbocycles. The summed E-state index contributed by atoms with van der Waals surface area (Å²) in [4.78, 5) is 18.1. The zero-order valence-electron chi connectivity index (χ0n) is 12.7. The van der Waals surface area contributed by atoms with Crippen molar-refractivity contribution >= 4 is 49.9 Å². The summed E-state index contributed by atoms with van der Waals surface area (Å²) in [7, 11) is -0.938. The normalized spacial score (nSPS) is 17.5. The highest BCUT2D eigenvalue weighted by Crippen LogP contribution is 2.30. The average Bonchev–Trinajstić information content (AvgIpc) is 2.46. The maximum absolute atomic E-state index is 11.3. The van der Waals surface area contributed by atoms with Gasteiger partial charge in [0.05, 0.1) is 25.0 Å². The second-order valence-electron chi connectivity index (χ2n) is 5.59. The molecular weight excluding hydrogens is 300 g/mol. The number of primary amides is 1. The topological polar surface area (TPSA) is 59.2 Å². The molecule has 2 heterocycles. The van der Waals surface area contributed by atoms with Gasteiger partial charge in [-0.15, -0.1) is 0 Å². The number of piperidine rings is 1. The van der Waals surface area contributed by atoms with Crippen LogP contribution >= 0.6 is 15.1 Å². The molecule has 112 valence electrons. The quantitative estimate of drug-likeness (QED) is 0.845. The first-order chi connectivity index (χ1) is 9.91. The van der Waals surface area contributed by atoms with Gasteiger partial charge in [0.1, 0.15) is 34.1 Å². The number of nitrogens with zero attached hydrogens (tertiary/aromatic N) is 2. The molecule has 0 aromatic carbocycles. The third kappa shape index (κ3) is 3.51. The van der Waals surface area contributed by atoms with Crippen molar-refractivity contribution in [3.05, 3.63) is 12.4 Å². The molecule has 21 heavy (non-hydrogen) atoms. The van der Waals surface area contributed by atoms with E-state index >= 15 is 0 Å². The molecule has 2 atom stereocenters. The van der Waals surface area contributed by atoms with Gasteiger partial charge in [0.25, 0.3) is 0 Å². The smallest absolute Gasteiger partial charge is 0.220 e. The van der Waals surface area contributed by atoms with Gasteiger partial charge in [-0.25, -0.2) is 0 Å². The Balaban J connectivity index is 2.37. The van der Waals surface area contributed by atoms with Crippen LogP contribution < -0.4 is 21.2 Å². The average molecular weight is 323 g/mol. The number of pyridine rings is 1. The largest absolute Gasteiger partial charge is 0.369 e. The Kier molecular flexibility index (Phi) is 5.13. The fraction of sp³-hybridized carbons (Fsp3) is 0.467. The fourth-order valence-electron chi connectivity index (χ4n) is 2.70. The van der Waals surface area contributed by atoms with Crippen LogP contribution in [0.5, 0.6) is 0 Å². The molecule has 0 bridgehead atoms. The summed E-state index contributed by atoms with van der Waals surface area (Å²) < 4.78 is 0. The highest BCUT2D eigenvalue weighted by Gasteiger charge is 2.31. The van der Waals surface area contributed by atoms with Crippen LogP contribution in [-0.4, -0.2) is 49.9 Å². The van der Waals surface area contributed by atoms with Crippen molar-refractivity contribution in [1.29, 1.82) is 0 Å². The van der Waals surface area contributed by atoms with Gasteiger partial charge in [-0.05, 0) is 12.8 Å². The van der Waals surface area contributed by atoms with Crippen molar-refractivity contribution in [3.8, 4) is 0 Å². The summed E-state index contributed by atoms with van der Waals surface area (Å²) >= 11 is 0. The van der Waals surface area contributed by atoms with Crippen LogP contribution in [0.3, 0.4) is 0 Å². The maximum atomic E-state index is 11.3. The van der Waals surface area contributed by atoms with Gasteiger partial charge in [0.15, 0.2) is 10.6 Å². The first-order valence-corrected chi connectivity index (χ1v) is 11.0. The second kappa shape index (κ2) is 6.68. The third-order valence-corrected chi connectivity index (χ3v) is 6.21. The van der Waals surface area contributed by atoms with Gasteiger partial charge in [-0.1, -0.05) is 0 Å². The number of anilines is 1. The number of aromatic nitrogens is 1. The predicted molar refractivity (Wildman–Crippen MR) is 97.6 cm³/mol. The lowest BCUT2D eigenvalue weighted by molar-refractivity contribution is -0.122. The highest BCUT2D eigenvalue weighted by molar-refractivity contribution is 7.65. The highest BCUT2D eigenvalue weighted by atomic mass is 31.1. The van der Waals surface area contributed by atoms with Crippen LogP contribution in [-0.2, 0) is 4.79 Å². The SMILES string of the molecule is C=[P+](C)c1cncc([P+](=C)C)c1N1CCC(C(N)=O)CC1. The Labute approximate surface area is 128 Å². The molecule has 0 spiro atoms. The molecule has 1 fully saturated rings. The fourth-order valence-corrected chi connectivity index (χ4v) is 4.56. The lowest BCUT2D eigenvalue weighted by atomic mass is 9.96. The molecule has 1 amide bonds. The summed E-state index contributed by atoms with van der Waals surface area (Å²) in [5, 5.41) is 2.47. The minimum Gasteiger partial charge on any atom is -0.369 e. The number of nitrogens with two attached hydrogens (primary N) is 1. The predicted octanol–water partition coefficient (Wildman–Crippen LogP) is 1.12. The third-order valence-electron chi connectivity index (χ3n) is 3.91. The second-order valence-corrected chi connectivity index (χ2v) is 9.34. The molecule has 6 heteroatoms. The van der Waals surface area contributed by atoms with Crippen molar-refractivity contribution in [1.82, 2.24) is 4.98 Å². The van der Waals surface area contributed by atoms with Crippen LogP contribution in [0.4, 0.5) is 5.69 Å². The summed E-state index contributed by atoms with van der Waals surface area (Å²) in [5.41, 5.74) is 6.69. The molecule has 2 N–H and O–H groups in total. The molecule has 1 aliphatic rings. The van der Waals surface area contributed by atoms with Crippen LogP contribution in [0.15, 0.2) is 12.4 Å². The van der Waals surface area contributed by atoms with E-state index in [0.717, 1.165) is 25.9 Å². The van der Waals surface area contributed by atoms with Crippen LogP contribution in [0, 0.1) is 5.92 Å². The Bertz CT molecular complexity index is 560. The van der Waals surface area contributed by atoms with Crippen molar-refractivity contribution in [2.75, 3.05) is 31.3 Å². The Hall–Kier alpha value is -1.24. The summed E-state index contributed by atoms with van der Waals surface area (Å²) in [6.07, 6.45) is 14.0. The minimum absolute atomic E-state index is 0.0146. The van der Waals surface area contributed by atoms with Crippen LogP contribution in [0.2, 0.25) is 0 Å². The Morgan fingerprint density at radius 3 is 2.10 bits per heavy atom. The number of hydrogen-bond acceptors (Lipinski definition) is 3. The van der Waals surface area contributed by atoms with Gasteiger partial charge in [0, 0.05) is 19.0 Å². The molecule has 1 aliphatic heterocycles. The summed E-state index contributed by atoms with van der Waals surface area (Å²) in [6, 6.07) is 0. The molecule has 0 saturated carbocycles. The van der Waals surface area contributed by atoms with Gasteiger partial charge in [0.2, 0.25) is 5.91 Å². The Morgan fingerprint density at radius 1 is 1.24 bits per heavy atom. The van der Waals surface area contributed by atoms with Gasteiger partial charge >= 0.3 is 0 Å². The lowest BCUT2D eigenvalue weighted by Gasteiger charge is -2.32. The molecule has 2 rings (SSSR count). The number of carbonyl (C=O) groups is 1. The van der Waals surface area contributed by atoms with E-state index in [1.807, 2.05) is 12.4 Å². The lowest BCUT2D eigenvalue weighted by Crippen LogP contribution is -2.42. The van der Waals surface area contributed by atoms with Crippen LogP contribution in [0.1, 0.15) is 12.8 Å². The minimum atomic E-state index is -0.469. The molecular formula is C15H23N3OP2+2.